The van der Waals surface area contributed by atoms with Gasteiger partial charge in [0.1, 0.15) is 12.6 Å². The van der Waals surface area contributed by atoms with E-state index in [1.165, 1.54) is 23.1 Å². The summed E-state index contributed by atoms with van der Waals surface area (Å²) in [7, 11) is -4.26. The largest absolute Gasteiger partial charge is 0.350 e. The minimum atomic E-state index is -4.26. The number of amides is 2. The minimum Gasteiger partial charge on any atom is -0.350 e. The summed E-state index contributed by atoms with van der Waals surface area (Å²) in [6.45, 7) is 6.60. The molecule has 0 unspecified atom stereocenters. The molecule has 0 aromatic heterocycles. The molecule has 0 aliphatic heterocycles. The molecule has 2 amide bonds. The fourth-order valence-corrected chi connectivity index (χ4v) is 6.97. The van der Waals surface area contributed by atoms with Gasteiger partial charge >= 0.3 is 0 Å². The van der Waals surface area contributed by atoms with Crippen LogP contribution in [0.4, 0.5) is 5.69 Å². The molecule has 0 heterocycles. The molecule has 0 aliphatic rings. The summed E-state index contributed by atoms with van der Waals surface area (Å²) in [5.74, 6) is -1.06. The lowest BCUT2D eigenvalue weighted by Crippen LogP contribution is -2.56. The van der Waals surface area contributed by atoms with E-state index in [9.17, 15) is 18.0 Å². The number of benzene rings is 4. The van der Waals surface area contributed by atoms with Gasteiger partial charge in [0.05, 0.1) is 10.6 Å². The van der Waals surface area contributed by atoms with Crippen molar-refractivity contribution < 1.29 is 18.0 Å². The summed E-state index contributed by atoms with van der Waals surface area (Å²) >= 11 is 19.4. The lowest BCUT2D eigenvalue weighted by atomic mass is 10.0. The zero-order valence-corrected chi connectivity index (χ0v) is 29.1. The molecule has 4 aromatic carbocycles. The second kappa shape index (κ2) is 14.9. The monoisotopic (exact) mass is 699 g/mol. The van der Waals surface area contributed by atoms with Gasteiger partial charge in [-0.15, -0.1) is 0 Å². The van der Waals surface area contributed by atoms with Crippen LogP contribution in [0, 0.1) is 6.92 Å². The van der Waals surface area contributed by atoms with E-state index < -0.39 is 40.0 Å². The number of sulfonamides is 1. The zero-order valence-electron chi connectivity index (χ0n) is 26.0. The molecule has 0 bridgehead atoms. The highest BCUT2D eigenvalue weighted by Crippen LogP contribution is 2.30. The van der Waals surface area contributed by atoms with Crippen LogP contribution in [0.1, 0.15) is 37.5 Å². The predicted octanol–water partition coefficient (Wildman–Crippen LogP) is 7.71. The molecule has 4 aromatic rings. The van der Waals surface area contributed by atoms with E-state index in [1.807, 2.05) is 58.0 Å². The molecule has 0 saturated carbocycles. The number of hydrogen-bond acceptors (Lipinski definition) is 4. The first-order valence-corrected chi connectivity index (χ1v) is 17.2. The average molecular weight is 701 g/mol. The molecular formula is C35H36Cl3N3O4S. The van der Waals surface area contributed by atoms with Crippen LogP contribution in [-0.2, 0) is 32.6 Å². The van der Waals surface area contributed by atoms with E-state index in [2.05, 4.69) is 5.32 Å². The molecule has 4 rings (SSSR count). The van der Waals surface area contributed by atoms with Crippen molar-refractivity contribution in [3.05, 3.63) is 129 Å². The number of nitrogens with one attached hydrogen (secondary N) is 1. The molecule has 1 N–H and O–H groups in total. The third-order valence-electron chi connectivity index (χ3n) is 7.14. The van der Waals surface area contributed by atoms with Crippen LogP contribution >= 0.6 is 34.8 Å². The second-order valence-corrected chi connectivity index (χ2v) is 15.1. The fourth-order valence-electron chi connectivity index (χ4n) is 4.86. The fraction of sp³-hybridized carbons (Fsp3) is 0.257. The summed E-state index contributed by atoms with van der Waals surface area (Å²) in [4.78, 5) is 29.9. The molecule has 242 valence electrons. The van der Waals surface area contributed by atoms with Crippen LogP contribution in [0.25, 0.3) is 0 Å². The molecular weight excluding hydrogens is 665 g/mol. The first-order valence-electron chi connectivity index (χ1n) is 14.6. The van der Waals surface area contributed by atoms with Gasteiger partial charge in [0, 0.05) is 39.1 Å². The molecule has 11 heteroatoms. The van der Waals surface area contributed by atoms with Gasteiger partial charge in [0.2, 0.25) is 11.8 Å². The highest BCUT2D eigenvalue weighted by molar-refractivity contribution is 7.92. The molecule has 46 heavy (non-hydrogen) atoms. The van der Waals surface area contributed by atoms with E-state index in [1.54, 1.807) is 48.5 Å². The number of halogens is 3. The molecule has 1 atom stereocenters. The predicted molar refractivity (Wildman–Crippen MR) is 186 cm³/mol. The molecule has 7 nitrogen and oxygen atoms in total. The van der Waals surface area contributed by atoms with Crippen LogP contribution in [0.5, 0.6) is 0 Å². The Bertz CT molecular complexity index is 1770. The van der Waals surface area contributed by atoms with Crippen molar-refractivity contribution in [3.8, 4) is 0 Å². The Kier molecular flexibility index (Phi) is 11.4. The van der Waals surface area contributed by atoms with Gasteiger partial charge in [-0.2, -0.15) is 0 Å². The van der Waals surface area contributed by atoms with Gasteiger partial charge in [-0.25, -0.2) is 8.42 Å². The normalized spacial score (nSPS) is 12.3. The first kappa shape index (κ1) is 35.3. The number of carbonyl (C=O) groups is 2. The number of nitrogens with zero attached hydrogens (tertiary/aromatic N) is 2. The van der Waals surface area contributed by atoms with E-state index in [4.69, 9.17) is 34.8 Å². The molecule has 0 spiro atoms. The van der Waals surface area contributed by atoms with E-state index >= 15 is 0 Å². The van der Waals surface area contributed by atoms with Crippen LogP contribution in [0.15, 0.2) is 102 Å². The third-order valence-corrected chi connectivity index (χ3v) is 9.87. The van der Waals surface area contributed by atoms with Gasteiger partial charge in [0.15, 0.2) is 0 Å². The number of hydrogen-bond donors (Lipinski definition) is 1. The molecule has 0 saturated heterocycles. The summed E-state index contributed by atoms with van der Waals surface area (Å²) in [6, 6.07) is 25.8. The Morgan fingerprint density at radius 3 is 2.02 bits per heavy atom. The van der Waals surface area contributed by atoms with E-state index in [-0.39, 0.29) is 23.5 Å². The number of anilines is 1. The molecule has 0 aliphatic carbocycles. The third kappa shape index (κ3) is 9.04. The topological polar surface area (TPSA) is 86.8 Å². The summed E-state index contributed by atoms with van der Waals surface area (Å²) in [5, 5.41) is 3.90. The van der Waals surface area contributed by atoms with Crippen molar-refractivity contribution in [1.82, 2.24) is 10.2 Å². The first-order chi connectivity index (χ1) is 21.7. The molecule has 0 fully saturated rings. The number of rotatable bonds is 11. The number of aryl methyl sites for hydroxylation is 1. The van der Waals surface area contributed by atoms with Crippen LogP contribution in [-0.4, -0.2) is 43.3 Å². The summed E-state index contributed by atoms with van der Waals surface area (Å²) < 4.78 is 29.3. The van der Waals surface area contributed by atoms with Gasteiger partial charge < -0.3 is 10.2 Å². The Morgan fingerprint density at radius 2 is 1.43 bits per heavy atom. The SMILES string of the molecule is Cc1ccc(S(=O)(=O)N(CC(=O)N(Cc2c(Cl)cccc2Cl)[C@H](Cc2ccccc2)C(=O)NC(C)(C)C)c2cccc(Cl)c2)cc1. The van der Waals surface area contributed by atoms with Gasteiger partial charge in [-0.05, 0) is 75.7 Å². The zero-order chi connectivity index (χ0) is 33.6. The van der Waals surface area contributed by atoms with Crippen molar-refractivity contribution in [2.45, 2.75) is 57.1 Å². The highest BCUT2D eigenvalue weighted by atomic mass is 35.5. The number of carbonyl (C=O) groups excluding carboxylic acids is 2. The van der Waals surface area contributed by atoms with Crippen molar-refractivity contribution in [3.63, 3.8) is 0 Å². The second-order valence-electron chi connectivity index (χ2n) is 12.0. The standard InChI is InChI=1S/C35H36Cl3N3O4S/c1-24-16-18-28(19-17-24)46(44,45)41(27-13-8-12-26(36)21-27)23-33(42)40(22-29-30(37)14-9-15-31(29)38)32(34(43)39-35(2,3)4)20-25-10-6-5-7-11-25/h5-19,21,32H,20,22-23H2,1-4H3,(H,39,43)/t32-/m1/s1. The van der Waals surface area contributed by atoms with Gasteiger partial charge in [-0.3, -0.25) is 13.9 Å². The summed E-state index contributed by atoms with van der Waals surface area (Å²) in [6.07, 6.45) is 0.151. The van der Waals surface area contributed by atoms with Crippen molar-refractivity contribution in [2.75, 3.05) is 10.8 Å². The lowest BCUT2D eigenvalue weighted by Gasteiger charge is -2.35. The van der Waals surface area contributed by atoms with Crippen molar-refractivity contribution in [2.24, 2.45) is 0 Å². The van der Waals surface area contributed by atoms with E-state index in [0.717, 1.165) is 15.4 Å². The molecule has 0 radical (unpaired) electrons. The Hall–Kier alpha value is -3.56. The maximum Gasteiger partial charge on any atom is 0.264 e. The lowest BCUT2D eigenvalue weighted by molar-refractivity contribution is -0.140. The Balaban J connectivity index is 1.85. The Labute approximate surface area is 286 Å². The van der Waals surface area contributed by atoms with Gasteiger partial charge in [0.25, 0.3) is 10.0 Å². The smallest absolute Gasteiger partial charge is 0.264 e. The quantitative estimate of drug-likeness (QED) is 0.174. The highest BCUT2D eigenvalue weighted by Gasteiger charge is 2.36. The Morgan fingerprint density at radius 1 is 0.826 bits per heavy atom. The maximum absolute atomic E-state index is 14.6. The average Bonchev–Trinajstić information content (AvgIpc) is 2.98. The van der Waals surface area contributed by atoms with Crippen molar-refractivity contribution >= 4 is 62.3 Å². The van der Waals surface area contributed by atoms with Crippen LogP contribution in [0.3, 0.4) is 0 Å². The van der Waals surface area contributed by atoms with Gasteiger partial charge in [-0.1, -0.05) is 95.0 Å². The minimum absolute atomic E-state index is 0.00196. The van der Waals surface area contributed by atoms with Crippen LogP contribution in [0.2, 0.25) is 15.1 Å². The maximum atomic E-state index is 14.6. The van der Waals surface area contributed by atoms with Crippen LogP contribution < -0.4 is 9.62 Å². The van der Waals surface area contributed by atoms with E-state index in [0.29, 0.717) is 20.6 Å². The van der Waals surface area contributed by atoms with Crippen molar-refractivity contribution in [1.29, 1.82) is 0 Å². The summed E-state index contributed by atoms with van der Waals surface area (Å²) in [5.41, 5.74) is 1.68.